The van der Waals surface area contributed by atoms with E-state index in [1.54, 1.807) is 20.8 Å². The normalized spacial score (nSPS) is 18.5. The van der Waals surface area contributed by atoms with Gasteiger partial charge in [0.15, 0.2) is 11.9 Å². The number of amides is 1. The molecule has 0 aromatic heterocycles. The van der Waals surface area contributed by atoms with E-state index in [2.05, 4.69) is 10.3 Å². The molecule has 8 heteroatoms. The quantitative estimate of drug-likeness (QED) is 0.626. The molecule has 0 spiro atoms. The molecule has 0 aliphatic carbocycles. The summed E-state index contributed by atoms with van der Waals surface area (Å²) in [6.45, 7) is 9.19. The molecular formula is C22H32N2O6. The van der Waals surface area contributed by atoms with Crippen molar-refractivity contribution in [2.45, 2.75) is 77.4 Å². The number of rotatable bonds is 8. The molecule has 1 aliphatic heterocycles. The van der Waals surface area contributed by atoms with Crippen LogP contribution in [-0.4, -0.2) is 53.0 Å². The minimum Gasteiger partial charge on any atom is -0.474 e. The number of benzene rings is 1. The highest BCUT2D eigenvalue weighted by atomic mass is 16.6. The van der Waals surface area contributed by atoms with Gasteiger partial charge in [0.25, 0.3) is 0 Å². The van der Waals surface area contributed by atoms with Gasteiger partial charge in [0, 0.05) is 13.0 Å². The van der Waals surface area contributed by atoms with E-state index < -0.39 is 29.8 Å². The maximum Gasteiger partial charge on any atom is 0.407 e. The number of nitrogens with zero attached hydrogens (tertiary/aromatic N) is 1. The first-order valence-corrected chi connectivity index (χ1v) is 10.0. The second-order valence-corrected chi connectivity index (χ2v) is 8.94. The molecule has 1 fully saturated rings. The predicted octanol–water partition coefficient (Wildman–Crippen LogP) is 2.97. The van der Waals surface area contributed by atoms with Gasteiger partial charge in [0.1, 0.15) is 17.8 Å². The van der Waals surface area contributed by atoms with E-state index in [0.29, 0.717) is 12.3 Å². The van der Waals surface area contributed by atoms with E-state index in [-0.39, 0.29) is 25.2 Å². The number of carbonyl (C=O) groups is 2. The van der Waals surface area contributed by atoms with Gasteiger partial charge >= 0.3 is 12.1 Å². The summed E-state index contributed by atoms with van der Waals surface area (Å²) in [5.41, 5.74) is -0.128. The number of esters is 1. The van der Waals surface area contributed by atoms with Crippen molar-refractivity contribution in [2.24, 2.45) is 4.99 Å². The van der Waals surface area contributed by atoms with Gasteiger partial charge < -0.3 is 24.6 Å². The number of alkyl carbamates (subject to hydrolysis) is 1. The van der Waals surface area contributed by atoms with E-state index >= 15 is 0 Å². The van der Waals surface area contributed by atoms with Crippen LogP contribution in [0.15, 0.2) is 35.3 Å². The molecule has 1 amide bonds. The Morgan fingerprint density at radius 2 is 1.90 bits per heavy atom. The number of carbonyl (C=O) groups excluding carboxylic acids is 2. The lowest BCUT2D eigenvalue weighted by Gasteiger charge is -2.37. The Hall–Kier alpha value is -2.61. The minimum absolute atomic E-state index is 0.0127. The average Bonchev–Trinajstić information content (AvgIpc) is 2.62. The van der Waals surface area contributed by atoms with Crippen LogP contribution in [0.3, 0.4) is 0 Å². The van der Waals surface area contributed by atoms with Crippen LogP contribution in [0.4, 0.5) is 4.79 Å². The van der Waals surface area contributed by atoms with E-state index in [1.165, 1.54) is 0 Å². The summed E-state index contributed by atoms with van der Waals surface area (Å²) in [4.78, 5) is 28.7. The Labute approximate surface area is 177 Å². The molecule has 1 aromatic carbocycles. The molecule has 1 heterocycles. The standard InChI is InChI=1S/C22H32N2O6/c1-21(2,3)30-19(26)17(24-18-12-22(4,5)29-18)11-16(25)13-23-20(27)28-14-15-9-7-6-8-10-15/h6-10,16-17,25H,11-14H2,1-5H3,(H,23,27). The fraction of sp³-hybridized carbons (Fsp3) is 0.591. The Kier molecular flexibility index (Phi) is 7.83. The van der Waals surface area contributed by atoms with Crippen molar-refractivity contribution in [3.63, 3.8) is 0 Å². The fourth-order valence-electron chi connectivity index (χ4n) is 2.81. The average molecular weight is 421 g/mol. The zero-order valence-electron chi connectivity index (χ0n) is 18.3. The molecule has 1 saturated heterocycles. The van der Waals surface area contributed by atoms with Crippen molar-refractivity contribution in [2.75, 3.05) is 6.54 Å². The van der Waals surface area contributed by atoms with Gasteiger partial charge in [-0.05, 0) is 40.2 Å². The van der Waals surface area contributed by atoms with Crippen LogP contribution in [0.1, 0.15) is 53.0 Å². The van der Waals surface area contributed by atoms with Gasteiger partial charge in [0.05, 0.1) is 12.5 Å². The van der Waals surface area contributed by atoms with Gasteiger partial charge in [0.2, 0.25) is 0 Å². The first kappa shape index (κ1) is 23.7. The molecule has 0 saturated carbocycles. The lowest BCUT2D eigenvalue weighted by molar-refractivity contribution is -0.157. The summed E-state index contributed by atoms with van der Waals surface area (Å²) in [7, 11) is 0. The van der Waals surface area contributed by atoms with Crippen LogP contribution < -0.4 is 5.32 Å². The molecule has 0 bridgehead atoms. The summed E-state index contributed by atoms with van der Waals surface area (Å²) in [6, 6.07) is 8.34. The number of nitrogens with one attached hydrogen (secondary N) is 1. The molecule has 1 aromatic rings. The molecule has 166 valence electrons. The molecule has 8 nitrogen and oxygen atoms in total. The third-order valence-electron chi connectivity index (χ3n) is 4.14. The lowest BCUT2D eigenvalue weighted by Crippen LogP contribution is -2.44. The van der Waals surface area contributed by atoms with Gasteiger partial charge in [-0.15, -0.1) is 0 Å². The molecule has 2 atom stereocenters. The summed E-state index contributed by atoms with van der Waals surface area (Å²) in [5, 5.41) is 12.8. The van der Waals surface area contributed by atoms with E-state index in [1.807, 2.05) is 44.2 Å². The number of aliphatic hydroxyl groups excluding tert-OH is 1. The number of aliphatic hydroxyl groups is 1. The van der Waals surface area contributed by atoms with Crippen molar-refractivity contribution in [1.29, 1.82) is 0 Å². The van der Waals surface area contributed by atoms with Gasteiger partial charge in [-0.25, -0.2) is 14.6 Å². The van der Waals surface area contributed by atoms with Crippen molar-refractivity contribution < 1.29 is 28.9 Å². The predicted molar refractivity (Wildman–Crippen MR) is 112 cm³/mol. The van der Waals surface area contributed by atoms with Crippen LogP contribution in [0, 0.1) is 0 Å². The lowest BCUT2D eigenvalue weighted by atomic mass is 9.99. The van der Waals surface area contributed by atoms with Crippen LogP contribution in [0.25, 0.3) is 0 Å². The zero-order valence-corrected chi connectivity index (χ0v) is 18.3. The van der Waals surface area contributed by atoms with Gasteiger partial charge in [-0.1, -0.05) is 30.3 Å². The van der Waals surface area contributed by atoms with Gasteiger partial charge in [-0.2, -0.15) is 0 Å². The Morgan fingerprint density at radius 1 is 1.27 bits per heavy atom. The van der Waals surface area contributed by atoms with Crippen LogP contribution >= 0.6 is 0 Å². The molecule has 1 aliphatic rings. The second-order valence-electron chi connectivity index (χ2n) is 8.94. The van der Waals surface area contributed by atoms with Crippen molar-refractivity contribution in [3.05, 3.63) is 35.9 Å². The van der Waals surface area contributed by atoms with E-state index in [9.17, 15) is 14.7 Å². The summed E-state index contributed by atoms with van der Waals surface area (Å²) >= 11 is 0. The van der Waals surface area contributed by atoms with Crippen LogP contribution in [0.2, 0.25) is 0 Å². The smallest absolute Gasteiger partial charge is 0.407 e. The summed E-state index contributed by atoms with van der Waals surface area (Å²) in [5.74, 6) is -0.0905. The Bertz CT molecular complexity index is 745. The minimum atomic E-state index is -1.01. The molecule has 30 heavy (non-hydrogen) atoms. The molecule has 2 unspecified atom stereocenters. The third kappa shape index (κ3) is 8.41. The fourth-order valence-corrected chi connectivity index (χ4v) is 2.81. The van der Waals surface area contributed by atoms with Gasteiger partial charge in [-0.3, -0.25) is 0 Å². The largest absolute Gasteiger partial charge is 0.474 e. The first-order valence-electron chi connectivity index (χ1n) is 10.0. The monoisotopic (exact) mass is 420 g/mol. The van der Waals surface area contributed by atoms with Crippen molar-refractivity contribution >= 4 is 18.0 Å². The second kappa shape index (κ2) is 9.93. The number of ether oxygens (including phenoxy) is 3. The first-order chi connectivity index (χ1) is 13.9. The highest BCUT2D eigenvalue weighted by molar-refractivity contribution is 5.86. The van der Waals surface area contributed by atoms with Crippen molar-refractivity contribution in [1.82, 2.24) is 5.32 Å². The summed E-state index contributed by atoms with van der Waals surface area (Å²) < 4.78 is 16.1. The maximum absolute atomic E-state index is 12.5. The van der Waals surface area contributed by atoms with E-state index in [0.717, 1.165) is 5.56 Å². The number of aliphatic imine (C=N–C) groups is 1. The zero-order chi connectivity index (χ0) is 22.4. The molecule has 2 rings (SSSR count). The van der Waals surface area contributed by atoms with Crippen LogP contribution in [-0.2, 0) is 25.6 Å². The molecule has 2 N–H and O–H groups in total. The summed E-state index contributed by atoms with van der Waals surface area (Å²) in [6.07, 6.45) is -1.07. The number of hydrogen-bond donors (Lipinski definition) is 2. The van der Waals surface area contributed by atoms with Crippen LogP contribution in [0.5, 0.6) is 0 Å². The Morgan fingerprint density at radius 3 is 2.47 bits per heavy atom. The van der Waals surface area contributed by atoms with E-state index in [4.69, 9.17) is 14.2 Å². The highest BCUT2D eigenvalue weighted by Gasteiger charge is 2.37. The number of hydrogen-bond acceptors (Lipinski definition) is 7. The SMILES string of the molecule is CC(C)(C)OC(=O)C(CC(O)CNC(=O)OCc1ccccc1)N=C1CC(C)(C)O1. The van der Waals surface area contributed by atoms with Crippen molar-refractivity contribution in [3.8, 4) is 0 Å². The molecule has 0 radical (unpaired) electrons. The highest BCUT2D eigenvalue weighted by Crippen LogP contribution is 2.28. The molecular weight excluding hydrogens is 388 g/mol. The maximum atomic E-state index is 12.5. The Balaban J connectivity index is 1.86. The third-order valence-corrected chi connectivity index (χ3v) is 4.14. The topological polar surface area (TPSA) is 106 Å².